The van der Waals surface area contributed by atoms with Gasteiger partial charge in [0.25, 0.3) is 5.56 Å². The van der Waals surface area contributed by atoms with Gasteiger partial charge in [-0.3, -0.25) is 9.36 Å². The van der Waals surface area contributed by atoms with E-state index in [0.717, 1.165) is 28.8 Å². The van der Waals surface area contributed by atoms with Crippen LogP contribution in [-0.2, 0) is 6.54 Å². The van der Waals surface area contributed by atoms with Gasteiger partial charge in [-0.05, 0) is 24.6 Å². The average molecular weight is 279 g/mol. The summed E-state index contributed by atoms with van der Waals surface area (Å²) in [4.78, 5) is 16.8. The maximum Gasteiger partial charge on any atom is 0.261 e. The van der Waals surface area contributed by atoms with Crippen LogP contribution in [0.1, 0.15) is 25.1 Å². The van der Waals surface area contributed by atoms with Crippen LogP contribution in [0, 0.1) is 0 Å². The van der Waals surface area contributed by atoms with E-state index in [2.05, 4.69) is 27.8 Å². The summed E-state index contributed by atoms with van der Waals surface area (Å²) < 4.78 is 2.77. The standard InChI is InChI=1S/C12H11BrN2O/c1-7-4-5-15-11(7)14-10-6-8(13)2-3-9(10)12(15)16/h2-3,6-7H,4-5H2,1H3. The lowest BCUT2D eigenvalue weighted by atomic mass is 10.1. The quantitative estimate of drug-likeness (QED) is 0.743. The molecule has 1 aliphatic heterocycles. The Morgan fingerprint density at radius 2 is 2.31 bits per heavy atom. The Morgan fingerprint density at radius 1 is 1.50 bits per heavy atom. The largest absolute Gasteiger partial charge is 0.296 e. The van der Waals surface area contributed by atoms with Crippen LogP contribution >= 0.6 is 15.9 Å². The van der Waals surface area contributed by atoms with Gasteiger partial charge in [-0.25, -0.2) is 4.98 Å². The molecule has 1 aliphatic rings. The smallest absolute Gasteiger partial charge is 0.261 e. The Kier molecular flexibility index (Phi) is 2.14. The molecule has 0 aliphatic carbocycles. The molecule has 1 aromatic carbocycles. The zero-order valence-corrected chi connectivity index (χ0v) is 10.5. The third-order valence-electron chi connectivity index (χ3n) is 3.17. The van der Waals surface area contributed by atoms with E-state index in [1.165, 1.54) is 0 Å². The lowest BCUT2D eigenvalue weighted by Gasteiger charge is -2.06. The molecule has 1 aromatic heterocycles. The summed E-state index contributed by atoms with van der Waals surface area (Å²) in [6, 6.07) is 5.63. The summed E-state index contributed by atoms with van der Waals surface area (Å²) in [7, 11) is 0. The van der Waals surface area contributed by atoms with Crippen LogP contribution in [0.5, 0.6) is 0 Å². The van der Waals surface area contributed by atoms with Crippen LogP contribution < -0.4 is 5.56 Å². The average Bonchev–Trinajstić information content (AvgIpc) is 2.61. The molecule has 0 saturated carbocycles. The van der Waals surface area contributed by atoms with Gasteiger partial charge < -0.3 is 0 Å². The number of rotatable bonds is 0. The first-order valence-electron chi connectivity index (χ1n) is 5.37. The van der Waals surface area contributed by atoms with Crippen molar-refractivity contribution < 1.29 is 0 Å². The van der Waals surface area contributed by atoms with Crippen LogP contribution in [-0.4, -0.2) is 9.55 Å². The van der Waals surface area contributed by atoms with Crippen molar-refractivity contribution in [2.45, 2.75) is 25.8 Å². The van der Waals surface area contributed by atoms with Gasteiger partial charge in [-0.2, -0.15) is 0 Å². The number of nitrogens with zero attached hydrogens (tertiary/aromatic N) is 2. The number of fused-ring (bicyclic) bond motifs is 2. The highest BCUT2D eigenvalue weighted by Crippen LogP contribution is 2.26. The van der Waals surface area contributed by atoms with Crippen LogP contribution in [0.15, 0.2) is 27.5 Å². The molecule has 0 N–H and O–H groups in total. The molecule has 82 valence electrons. The molecule has 2 aromatic rings. The van der Waals surface area contributed by atoms with Gasteiger partial charge in [-0.1, -0.05) is 22.9 Å². The lowest BCUT2D eigenvalue weighted by Crippen LogP contribution is -2.21. The molecule has 3 nitrogen and oxygen atoms in total. The minimum Gasteiger partial charge on any atom is -0.296 e. The van der Waals surface area contributed by atoms with Crippen molar-refractivity contribution in [3.05, 3.63) is 38.9 Å². The molecule has 0 fully saturated rings. The number of benzene rings is 1. The second kappa shape index (κ2) is 3.42. The third-order valence-corrected chi connectivity index (χ3v) is 3.67. The molecule has 16 heavy (non-hydrogen) atoms. The highest BCUT2D eigenvalue weighted by molar-refractivity contribution is 9.10. The Bertz CT molecular complexity index is 633. The molecule has 0 amide bonds. The highest BCUT2D eigenvalue weighted by Gasteiger charge is 2.22. The molecule has 0 radical (unpaired) electrons. The minimum atomic E-state index is 0.0943. The summed E-state index contributed by atoms with van der Waals surface area (Å²) in [5, 5.41) is 0.709. The molecule has 2 heterocycles. The summed E-state index contributed by atoms with van der Waals surface area (Å²) in [5.74, 6) is 1.31. The van der Waals surface area contributed by atoms with Gasteiger partial charge >= 0.3 is 0 Å². The van der Waals surface area contributed by atoms with E-state index in [9.17, 15) is 4.79 Å². The van der Waals surface area contributed by atoms with Gasteiger partial charge in [0.15, 0.2) is 0 Å². The van der Waals surface area contributed by atoms with Crippen molar-refractivity contribution in [2.24, 2.45) is 0 Å². The molecule has 4 heteroatoms. The monoisotopic (exact) mass is 278 g/mol. The number of hydrogen-bond acceptors (Lipinski definition) is 2. The normalized spacial score (nSPS) is 19.0. The Hall–Kier alpha value is -1.16. The van der Waals surface area contributed by atoms with Gasteiger partial charge in [0.05, 0.1) is 10.9 Å². The maximum atomic E-state index is 12.2. The van der Waals surface area contributed by atoms with Crippen molar-refractivity contribution in [1.29, 1.82) is 0 Å². The highest BCUT2D eigenvalue weighted by atomic mass is 79.9. The Balaban J connectivity index is 2.44. The van der Waals surface area contributed by atoms with Crippen molar-refractivity contribution in [3.8, 4) is 0 Å². The third kappa shape index (κ3) is 1.33. The number of hydrogen-bond donors (Lipinski definition) is 0. The van der Waals surface area contributed by atoms with E-state index >= 15 is 0 Å². The zero-order chi connectivity index (χ0) is 11.3. The minimum absolute atomic E-state index is 0.0943. The van der Waals surface area contributed by atoms with Crippen molar-refractivity contribution in [2.75, 3.05) is 0 Å². The van der Waals surface area contributed by atoms with Crippen LogP contribution in [0.3, 0.4) is 0 Å². The lowest BCUT2D eigenvalue weighted by molar-refractivity contribution is 0.695. The predicted octanol–water partition coefficient (Wildman–Crippen LogP) is 2.67. The number of halogens is 1. The fraction of sp³-hybridized carbons (Fsp3) is 0.333. The van der Waals surface area contributed by atoms with Gasteiger partial charge in [-0.15, -0.1) is 0 Å². The van der Waals surface area contributed by atoms with Crippen LogP contribution in [0.2, 0.25) is 0 Å². The SMILES string of the molecule is CC1CCn2c1nc1cc(Br)ccc1c2=O. The van der Waals surface area contributed by atoms with E-state index in [1.54, 1.807) is 4.57 Å². The summed E-state index contributed by atoms with van der Waals surface area (Å²) in [6.07, 6.45) is 1.01. The summed E-state index contributed by atoms with van der Waals surface area (Å²) in [5.41, 5.74) is 0.885. The molecule has 0 saturated heterocycles. The van der Waals surface area contributed by atoms with E-state index in [-0.39, 0.29) is 5.56 Å². The molecular formula is C12H11BrN2O. The molecule has 0 spiro atoms. The first-order valence-corrected chi connectivity index (χ1v) is 6.16. The fourth-order valence-electron chi connectivity index (χ4n) is 2.26. The Labute approximate surface area is 101 Å². The van der Waals surface area contributed by atoms with Gasteiger partial charge in [0.1, 0.15) is 5.82 Å². The second-order valence-corrected chi connectivity index (χ2v) is 5.19. The maximum absolute atomic E-state index is 12.2. The van der Waals surface area contributed by atoms with E-state index in [1.807, 2.05) is 18.2 Å². The fourth-order valence-corrected chi connectivity index (χ4v) is 2.60. The van der Waals surface area contributed by atoms with E-state index < -0.39 is 0 Å². The van der Waals surface area contributed by atoms with Crippen molar-refractivity contribution in [1.82, 2.24) is 9.55 Å². The Morgan fingerprint density at radius 3 is 3.12 bits per heavy atom. The van der Waals surface area contributed by atoms with Crippen LogP contribution in [0.4, 0.5) is 0 Å². The molecule has 1 atom stereocenters. The molecule has 3 rings (SSSR count). The topological polar surface area (TPSA) is 34.9 Å². The van der Waals surface area contributed by atoms with Gasteiger partial charge in [0, 0.05) is 16.9 Å². The zero-order valence-electron chi connectivity index (χ0n) is 8.90. The first-order chi connectivity index (χ1) is 7.66. The van der Waals surface area contributed by atoms with E-state index in [4.69, 9.17) is 0 Å². The first kappa shape index (κ1) is 10.0. The van der Waals surface area contributed by atoms with Crippen molar-refractivity contribution in [3.63, 3.8) is 0 Å². The van der Waals surface area contributed by atoms with Crippen LogP contribution in [0.25, 0.3) is 10.9 Å². The second-order valence-electron chi connectivity index (χ2n) is 4.28. The van der Waals surface area contributed by atoms with Crippen molar-refractivity contribution >= 4 is 26.8 Å². The summed E-state index contributed by atoms with van der Waals surface area (Å²) >= 11 is 3.40. The summed E-state index contributed by atoms with van der Waals surface area (Å²) in [6.45, 7) is 2.92. The van der Waals surface area contributed by atoms with Gasteiger partial charge in [0.2, 0.25) is 0 Å². The number of aromatic nitrogens is 2. The molecule has 0 bridgehead atoms. The predicted molar refractivity (Wildman–Crippen MR) is 66.7 cm³/mol. The molecular weight excluding hydrogens is 268 g/mol. The van der Waals surface area contributed by atoms with E-state index in [0.29, 0.717) is 11.3 Å². The molecule has 1 unspecified atom stereocenters.